The highest BCUT2D eigenvalue weighted by molar-refractivity contribution is 4.95. The molecule has 0 spiro atoms. The molecular formula is C15H28N2O. The second-order valence-electron chi connectivity index (χ2n) is 6.54. The summed E-state index contributed by atoms with van der Waals surface area (Å²) >= 11 is 0. The van der Waals surface area contributed by atoms with E-state index in [4.69, 9.17) is 4.74 Å². The maximum atomic E-state index is 5.67. The van der Waals surface area contributed by atoms with Gasteiger partial charge in [0.25, 0.3) is 0 Å². The van der Waals surface area contributed by atoms with Crippen molar-refractivity contribution in [3.63, 3.8) is 0 Å². The van der Waals surface area contributed by atoms with Crippen LogP contribution < -0.4 is 5.32 Å². The first-order valence-electron chi connectivity index (χ1n) is 7.86. The van der Waals surface area contributed by atoms with Crippen LogP contribution in [0.4, 0.5) is 0 Å². The molecule has 104 valence electrons. The second kappa shape index (κ2) is 5.89. The van der Waals surface area contributed by atoms with Crippen molar-refractivity contribution in [3.05, 3.63) is 0 Å². The molecule has 2 unspecified atom stereocenters. The van der Waals surface area contributed by atoms with Gasteiger partial charge >= 0.3 is 0 Å². The largest absolute Gasteiger partial charge is 0.381 e. The quantitative estimate of drug-likeness (QED) is 0.702. The normalized spacial score (nSPS) is 36.2. The molecule has 0 radical (unpaired) electrons. The van der Waals surface area contributed by atoms with Crippen molar-refractivity contribution in [3.8, 4) is 0 Å². The van der Waals surface area contributed by atoms with Crippen LogP contribution in [0.3, 0.4) is 0 Å². The van der Waals surface area contributed by atoms with E-state index in [1.165, 1.54) is 44.9 Å². The molecule has 0 aromatic heterocycles. The Labute approximate surface area is 111 Å². The monoisotopic (exact) mass is 252 g/mol. The Morgan fingerprint density at radius 2 is 1.83 bits per heavy atom. The summed E-state index contributed by atoms with van der Waals surface area (Å²) in [5, 5.41) is 3.74. The van der Waals surface area contributed by atoms with Crippen LogP contribution in [0.2, 0.25) is 0 Å². The summed E-state index contributed by atoms with van der Waals surface area (Å²) < 4.78 is 5.67. The zero-order chi connectivity index (χ0) is 12.4. The molecule has 3 aliphatic rings. The van der Waals surface area contributed by atoms with Gasteiger partial charge in [0.05, 0.1) is 0 Å². The third kappa shape index (κ3) is 3.25. The molecule has 2 saturated heterocycles. The van der Waals surface area contributed by atoms with Crippen molar-refractivity contribution in [2.24, 2.45) is 5.92 Å². The maximum Gasteiger partial charge on any atom is 0.0494 e. The van der Waals surface area contributed by atoms with E-state index < -0.39 is 0 Å². The summed E-state index contributed by atoms with van der Waals surface area (Å²) in [6, 6.07) is 2.47. The minimum absolute atomic E-state index is 0.766. The summed E-state index contributed by atoms with van der Waals surface area (Å²) in [6.07, 6.45) is 9.53. The van der Waals surface area contributed by atoms with E-state index in [9.17, 15) is 0 Å². The number of fused-ring (bicyclic) bond motifs is 2. The highest BCUT2D eigenvalue weighted by atomic mass is 16.5. The fraction of sp³-hybridized carbons (Fsp3) is 1.00. The summed E-state index contributed by atoms with van der Waals surface area (Å²) in [6.45, 7) is 3.10. The summed E-state index contributed by atoms with van der Waals surface area (Å²) in [7, 11) is 2.31. The Kier molecular flexibility index (Phi) is 4.22. The third-order valence-electron chi connectivity index (χ3n) is 5.05. The number of nitrogens with zero attached hydrogens (tertiary/aromatic N) is 1. The first kappa shape index (κ1) is 12.9. The van der Waals surface area contributed by atoms with Crippen LogP contribution in [0, 0.1) is 5.92 Å². The van der Waals surface area contributed by atoms with Crippen LogP contribution in [0.1, 0.15) is 44.9 Å². The third-order valence-corrected chi connectivity index (χ3v) is 5.05. The molecular weight excluding hydrogens is 224 g/mol. The van der Waals surface area contributed by atoms with Crippen molar-refractivity contribution >= 4 is 0 Å². The number of hydrogen-bond acceptors (Lipinski definition) is 3. The van der Waals surface area contributed by atoms with Gasteiger partial charge in [-0.25, -0.2) is 0 Å². The molecule has 2 bridgehead atoms. The molecule has 0 aromatic carbocycles. The molecule has 0 amide bonds. The van der Waals surface area contributed by atoms with E-state index in [-0.39, 0.29) is 0 Å². The second-order valence-corrected chi connectivity index (χ2v) is 6.54. The Bertz CT molecular complexity index is 253. The first-order chi connectivity index (χ1) is 8.83. The Morgan fingerprint density at radius 1 is 1.11 bits per heavy atom. The van der Waals surface area contributed by atoms with Crippen LogP contribution in [0.5, 0.6) is 0 Å². The minimum atomic E-state index is 0.766. The van der Waals surface area contributed by atoms with Crippen LogP contribution in [-0.2, 0) is 4.74 Å². The average Bonchev–Trinajstić information content (AvgIpc) is 3.15. The standard InChI is InChI=1S/C15H28N2O/c1-17-14-5-6-15(17)10-13(9-14)16-7-2-8-18-11-12-3-4-12/h12-16H,2-11H2,1H3. The molecule has 0 aromatic rings. The zero-order valence-electron chi connectivity index (χ0n) is 11.7. The van der Waals surface area contributed by atoms with Gasteiger partial charge in [0.2, 0.25) is 0 Å². The van der Waals surface area contributed by atoms with E-state index in [2.05, 4.69) is 17.3 Å². The topological polar surface area (TPSA) is 24.5 Å². The van der Waals surface area contributed by atoms with E-state index >= 15 is 0 Å². The molecule has 18 heavy (non-hydrogen) atoms. The van der Waals surface area contributed by atoms with Crippen molar-refractivity contribution in [1.29, 1.82) is 0 Å². The van der Waals surface area contributed by atoms with E-state index in [1.807, 2.05) is 0 Å². The predicted octanol–water partition coefficient (Wildman–Crippen LogP) is 2.02. The summed E-state index contributed by atoms with van der Waals surface area (Å²) in [5.74, 6) is 0.905. The van der Waals surface area contributed by atoms with Gasteiger partial charge < -0.3 is 15.0 Å². The molecule has 3 nitrogen and oxygen atoms in total. The molecule has 1 N–H and O–H groups in total. The van der Waals surface area contributed by atoms with E-state index in [0.29, 0.717) is 0 Å². The Morgan fingerprint density at radius 3 is 2.50 bits per heavy atom. The van der Waals surface area contributed by atoms with Gasteiger partial charge in [-0.2, -0.15) is 0 Å². The lowest BCUT2D eigenvalue weighted by Gasteiger charge is -2.36. The maximum absolute atomic E-state index is 5.67. The number of piperidine rings is 1. The molecule has 2 heterocycles. The highest BCUT2D eigenvalue weighted by Crippen LogP contribution is 2.34. The molecule has 1 saturated carbocycles. The van der Waals surface area contributed by atoms with Gasteiger partial charge in [-0.3, -0.25) is 0 Å². The Balaban J connectivity index is 1.25. The lowest BCUT2D eigenvalue weighted by molar-refractivity contribution is 0.117. The molecule has 3 rings (SSSR count). The van der Waals surface area contributed by atoms with E-state index in [1.54, 1.807) is 0 Å². The minimum Gasteiger partial charge on any atom is -0.381 e. The van der Waals surface area contributed by atoms with Gasteiger partial charge in [-0.15, -0.1) is 0 Å². The van der Waals surface area contributed by atoms with E-state index in [0.717, 1.165) is 43.8 Å². The summed E-state index contributed by atoms with van der Waals surface area (Å²) in [4.78, 5) is 2.61. The fourth-order valence-electron chi connectivity index (χ4n) is 3.59. The van der Waals surface area contributed by atoms with Crippen molar-refractivity contribution in [1.82, 2.24) is 10.2 Å². The number of ether oxygens (including phenoxy) is 1. The molecule has 2 atom stereocenters. The van der Waals surface area contributed by atoms with Crippen LogP contribution in [-0.4, -0.2) is 49.8 Å². The number of hydrogen-bond donors (Lipinski definition) is 1. The lowest BCUT2D eigenvalue weighted by atomic mass is 9.98. The van der Waals surface area contributed by atoms with Gasteiger partial charge in [0.15, 0.2) is 0 Å². The van der Waals surface area contributed by atoms with Crippen molar-refractivity contribution < 1.29 is 4.74 Å². The molecule has 3 fully saturated rings. The van der Waals surface area contributed by atoms with Gasteiger partial charge in [0, 0.05) is 31.3 Å². The first-order valence-corrected chi connectivity index (χ1v) is 7.86. The fourth-order valence-corrected chi connectivity index (χ4v) is 3.59. The SMILES string of the molecule is CN1C2CCC1CC(NCCCOCC1CC1)C2. The van der Waals surface area contributed by atoms with Gasteiger partial charge in [0.1, 0.15) is 0 Å². The predicted molar refractivity (Wildman–Crippen MR) is 73.8 cm³/mol. The number of nitrogens with one attached hydrogen (secondary N) is 1. The summed E-state index contributed by atoms with van der Waals surface area (Å²) in [5.41, 5.74) is 0. The lowest BCUT2D eigenvalue weighted by Crippen LogP contribution is -2.47. The van der Waals surface area contributed by atoms with Crippen molar-refractivity contribution in [2.75, 3.05) is 26.8 Å². The molecule has 2 aliphatic heterocycles. The van der Waals surface area contributed by atoms with Crippen LogP contribution in [0.25, 0.3) is 0 Å². The number of rotatable bonds is 7. The van der Waals surface area contributed by atoms with Crippen LogP contribution >= 0.6 is 0 Å². The highest BCUT2D eigenvalue weighted by Gasteiger charge is 2.37. The Hall–Kier alpha value is -0.120. The smallest absolute Gasteiger partial charge is 0.0494 e. The van der Waals surface area contributed by atoms with Crippen molar-refractivity contribution in [2.45, 2.75) is 63.1 Å². The van der Waals surface area contributed by atoms with Crippen LogP contribution in [0.15, 0.2) is 0 Å². The van der Waals surface area contributed by atoms with Gasteiger partial charge in [-0.1, -0.05) is 0 Å². The molecule has 1 aliphatic carbocycles. The molecule has 3 heteroatoms. The van der Waals surface area contributed by atoms with Gasteiger partial charge in [-0.05, 0) is 64.5 Å². The average molecular weight is 252 g/mol. The zero-order valence-corrected chi connectivity index (χ0v) is 11.7.